The first-order chi connectivity index (χ1) is 11.7. The van der Waals surface area contributed by atoms with E-state index in [1.165, 1.54) is 32.0 Å². The van der Waals surface area contributed by atoms with Gasteiger partial charge in [-0.2, -0.15) is 0 Å². The SMILES string of the molecule is CC(NC(=O)COc1ncnc2ccccc12)C1CC2CCC1C2. The highest BCUT2D eigenvalue weighted by Crippen LogP contribution is 2.49. The maximum Gasteiger partial charge on any atom is 0.258 e. The number of fused-ring (bicyclic) bond motifs is 3. The first-order valence-electron chi connectivity index (χ1n) is 8.82. The van der Waals surface area contributed by atoms with Crippen LogP contribution in [0.4, 0.5) is 0 Å². The Kier molecular flexibility index (Phi) is 4.08. The highest BCUT2D eigenvalue weighted by atomic mass is 16.5. The van der Waals surface area contributed by atoms with Gasteiger partial charge in [-0.05, 0) is 56.1 Å². The summed E-state index contributed by atoms with van der Waals surface area (Å²) in [7, 11) is 0. The average molecular weight is 325 g/mol. The number of nitrogens with one attached hydrogen (secondary N) is 1. The molecule has 1 aromatic heterocycles. The van der Waals surface area contributed by atoms with Crippen molar-refractivity contribution in [2.75, 3.05) is 6.61 Å². The molecule has 24 heavy (non-hydrogen) atoms. The Bertz CT molecular complexity index is 743. The monoisotopic (exact) mass is 325 g/mol. The normalized spacial score (nSPS) is 26.5. The van der Waals surface area contributed by atoms with Crippen molar-refractivity contribution in [3.05, 3.63) is 30.6 Å². The summed E-state index contributed by atoms with van der Waals surface area (Å²) in [6.07, 6.45) is 6.80. The molecule has 4 rings (SSSR count). The first kappa shape index (κ1) is 15.4. The Labute approximate surface area is 141 Å². The van der Waals surface area contributed by atoms with E-state index in [1.807, 2.05) is 24.3 Å². The van der Waals surface area contributed by atoms with Gasteiger partial charge in [0.05, 0.1) is 10.9 Å². The molecule has 0 spiro atoms. The second-order valence-corrected chi connectivity index (χ2v) is 7.18. The fourth-order valence-electron chi connectivity index (χ4n) is 4.54. The van der Waals surface area contributed by atoms with Crippen LogP contribution in [0.1, 0.15) is 32.6 Å². The molecule has 2 aliphatic carbocycles. The largest absolute Gasteiger partial charge is 0.467 e. The third kappa shape index (κ3) is 2.95. The smallest absolute Gasteiger partial charge is 0.258 e. The molecule has 1 amide bonds. The van der Waals surface area contributed by atoms with Gasteiger partial charge in [-0.15, -0.1) is 0 Å². The minimum Gasteiger partial charge on any atom is -0.467 e. The topological polar surface area (TPSA) is 64.1 Å². The Morgan fingerprint density at radius 1 is 1.29 bits per heavy atom. The van der Waals surface area contributed by atoms with E-state index < -0.39 is 0 Å². The lowest BCUT2D eigenvalue weighted by molar-refractivity contribution is -0.124. The Hall–Kier alpha value is -2.17. The van der Waals surface area contributed by atoms with Gasteiger partial charge in [0.15, 0.2) is 6.61 Å². The zero-order valence-corrected chi connectivity index (χ0v) is 13.9. The lowest BCUT2D eigenvalue weighted by Gasteiger charge is -2.28. The van der Waals surface area contributed by atoms with Gasteiger partial charge in [0, 0.05) is 6.04 Å². The van der Waals surface area contributed by atoms with Crippen LogP contribution in [0.5, 0.6) is 5.88 Å². The predicted octanol–water partition coefficient (Wildman–Crippen LogP) is 2.95. The summed E-state index contributed by atoms with van der Waals surface area (Å²) in [6.45, 7) is 2.12. The second kappa shape index (κ2) is 6.38. The molecular formula is C19H23N3O2. The van der Waals surface area contributed by atoms with Gasteiger partial charge >= 0.3 is 0 Å². The van der Waals surface area contributed by atoms with Gasteiger partial charge in [-0.3, -0.25) is 4.79 Å². The van der Waals surface area contributed by atoms with Crippen LogP contribution in [0.2, 0.25) is 0 Å². The van der Waals surface area contributed by atoms with Gasteiger partial charge in [-0.25, -0.2) is 9.97 Å². The summed E-state index contributed by atoms with van der Waals surface area (Å²) in [5.74, 6) is 2.71. The molecule has 1 heterocycles. The zero-order chi connectivity index (χ0) is 16.5. The van der Waals surface area contributed by atoms with Crippen molar-refractivity contribution in [3.8, 4) is 5.88 Å². The molecule has 2 fully saturated rings. The van der Waals surface area contributed by atoms with Crippen LogP contribution in [0.3, 0.4) is 0 Å². The van der Waals surface area contributed by atoms with E-state index in [2.05, 4.69) is 22.2 Å². The highest BCUT2D eigenvalue weighted by Gasteiger charge is 2.42. The molecule has 1 aromatic carbocycles. The number of para-hydroxylation sites is 1. The van der Waals surface area contributed by atoms with Gasteiger partial charge in [0.2, 0.25) is 5.88 Å². The van der Waals surface area contributed by atoms with Crippen LogP contribution in [-0.4, -0.2) is 28.5 Å². The van der Waals surface area contributed by atoms with E-state index in [-0.39, 0.29) is 18.6 Å². The third-order valence-electron chi connectivity index (χ3n) is 5.67. The van der Waals surface area contributed by atoms with Crippen molar-refractivity contribution < 1.29 is 9.53 Å². The molecule has 5 nitrogen and oxygen atoms in total. The van der Waals surface area contributed by atoms with Crippen molar-refractivity contribution in [1.29, 1.82) is 0 Å². The van der Waals surface area contributed by atoms with Gasteiger partial charge in [0.1, 0.15) is 6.33 Å². The number of nitrogens with zero attached hydrogens (tertiary/aromatic N) is 2. The molecule has 5 heteroatoms. The Morgan fingerprint density at radius 3 is 2.96 bits per heavy atom. The van der Waals surface area contributed by atoms with Crippen LogP contribution in [0.25, 0.3) is 10.9 Å². The molecule has 0 saturated heterocycles. The maximum absolute atomic E-state index is 12.2. The molecule has 1 N–H and O–H groups in total. The van der Waals surface area contributed by atoms with Crippen molar-refractivity contribution in [2.45, 2.75) is 38.6 Å². The van der Waals surface area contributed by atoms with Crippen LogP contribution in [-0.2, 0) is 4.79 Å². The Balaban J connectivity index is 1.34. The maximum atomic E-state index is 12.2. The number of rotatable bonds is 5. The number of hydrogen-bond donors (Lipinski definition) is 1. The average Bonchev–Trinajstić information content (AvgIpc) is 3.23. The van der Waals surface area contributed by atoms with E-state index in [1.54, 1.807) is 0 Å². The quantitative estimate of drug-likeness (QED) is 0.918. The number of benzene rings is 1. The predicted molar refractivity (Wildman–Crippen MR) is 91.6 cm³/mol. The standard InChI is InChI=1S/C19H23N3O2/c1-12(16-9-13-6-7-14(16)8-13)22-18(23)10-24-19-15-4-2-3-5-17(15)20-11-21-19/h2-5,11-14,16H,6-10H2,1H3,(H,22,23). The minimum absolute atomic E-state index is 0.00777. The summed E-state index contributed by atoms with van der Waals surface area (Å²) in [5, 5.41) is 3.95. The van der Waals surface area contributed by atoms with E-state index in [9.17, 15) is 4.79 Å². The zero-order valence-electron chi connectivity index (χ0n) is 13.9. The van der Waals surface area contributed by atoms with Crippen LogP contribution in [0.15, 0.2) is 30.6 Å². The van der Waals surface area contributed by atoms with Crippen molar-refractivity contribution in [3.63, 3.8) is 0 Å². The third-order valence-corrected chi connectivity index (χ3v) is 5.67. The van der Waals surface area contributed by atoms with Crippen molar-refractivity contribution >= 4 is 16.8 Å². The molecule has 2 saturated carbocycles. The van der Waals surface area contributed by atoms with E-state index in [0.29, 0.717) is 11.8 Å². The molecule has 4 unspecified atom stereocenters. The molecule has 0 radical (unpaired) electrons. The summed E-state index contributed by atoms with van der Waals surface area (Å²) in [4.78, 5) is 20.6. The number of carbonyl (C=O) groups is 1. The Morgan fingerprint density at radius 2 is 2.17 bits per heavy atom. The molecule has 2 aliphatic rings. The molecule has 2 aromatic rings. The fourth-order valence-corrected chi connectivity index (χ4v) is 4.54. The van der Waals surface area contributed by atoms with Crippen molar-refractivity contribution in [2.24, 2.45) is 17.8 Å². The van der Waals surface area contributed by atoms with Gasteiger partial charge in [0.25, 0.3) is 5.91 Å². The minimum atomic E-state index is -0.0760. The lowest BCUT2D eigenvalue weighted by Crippen LogP contribution is -2.42. The number of hydrogen-bond acceptors (Lipinski definition) is 4. The van der Waals surface area contributed by atoms with E-state index in [0.717, 1.165) is 22.7 Å². The summed E-state index contributed by atoms with van der Waals surface area (Å²) >= 11 is 0. The van der Waals surface area contributed by atoms with Gasteiger partial charge in [-0.1, -0.05) is 18.6 Å². The number of carbonyl (C=O) groups excluding carboxylic acids is 1. The number of ether oxygens (including phenoxy) is 1. The van der Waals surface area contributed by atoms with Crippen LogP contribution in [0, 0.1) is 17.8 Å². The lowest BCUT2D eigenvalue weighted by atomic mass is 9.84. The van der Waals surface area contributed by atoms with E-state index in [4.69, 9.17) is 4.74 Å². The first-order valence-corrected chi connectivity index (χ1v) is 8.82. The van der Waals surface area contributed by atoms with Crippen molar-refractivity contribution in [1.82, 2.24) is 15.3 Å². The number of aromatic nitrogens is 2. The fraction of sp³-hybridized carbons (Fsp3) is 0.526. The molecule has 2 bridgehead atoms. The second-order valence-electron chi connectivity index (χ2n) is 7.18. The highest BCUT2D eigenvalue weighted by molar-refractivity contribution is 5.84. The molecular weight excluding hydrogens is 302 g/mol. The number of amides is 1. The summed E-state index contributed by atoms with van der Waals surface area (Å²) in [6, 6.07) is 7.86. The van der Waals surface area contributed by atoms with Crippen LogP contribution < -0.4 is 10.1 Å². The van der Waals surface area contributed by atoms with Crippen LogP contribution >= 0.6 is 0 Å². The molecule has 4 atom stereocenters. The van der Waals surface area contributed by atoms with E-state index >= 15 is 0 Å². The molecule has 126 valence electrons. The molecule has 0 aliphatic heterocycles. The summed E-state index contributed by atoms with van der Waals surface area (Å²) in [5.41, 5.74) is 0.818. The summed E-state index contributed by atoms with van der Waals surface area (Å²) < 4.78 is 5.64. The van der Waals surface area contributed by atoms with Gasteiger partial charge < -0.3 is 10.1 Å².